The van der Waals surface area contributed by atoms with Crippen molar-refractivity contribution in [1.82, 2.24) is 0 Å². The summed E-state index contributed by atoms with van der Waals surface area (Å²) in [7, 11) is 0. The van der Waals surface area contributed by atoms with Gasteiger partial charge >= 0.3 is 6.16 Å². The highest BCUT2D eigenvalue weighted by molar-refractivity contribution is 6.03. The molecule has 3 nitrogen and oxygen atoms in total. The van der Waals surface area contributed by atoms with Gasteiger partial charge in [-0.3, -0.25) is 0 Å². The summed E-state index contributed by atoms with van der Waals surface area (Å²) in [6, 6.07) is 35.9. The monoisotopic (exact) mass is 414 g/mol. The second-order valence-electron chi connectivity index (χ2n) is 7.81. The first-order valence-corrected chi connectivity index (χ1v) is 10.5. The topological polar surface area (TPSA) is 35.5 Å². The van der Waals surface area contributed by atoms with Crippen molar-refractivity contribution in [1.29, 1.82) is 0 Å². The maximum Gasteiger partial charge on any atom is 0.519 e. The van der Waals surface area contributed by atoms with Crippen molar-refractivity contribution in [2.24, 2.45) is 0 Å². The molecular formula is C29H18O3. The van der Waals surface area contributed by atoms with Crippen LogP contribution in [0.15, 0.2) is 109 Å². The van der Waals surface area contributed by atoms with Gasteiger partial charge in [0.15, 0.2) is 0 Å². The highest BCUT2D eigenvalue weighted by Crippen LogP contribution is 2.32. The number of carbonyl (C=O) groups is 1. The zero-order valence-corrected chi connectivity index (χ0v) is 17.1. The average Bonchev–Trinajstić information content (AvgIpc) is 2.82. The predicted molar refractivity (Wildman–Crippen MR) is 130 cm³/mol. The zero-order chi connectivity index (χ0) is 21.5. The minimum absolute atomic E-state index is 0.476. The molecule has 0 saturated heterocycles. The van der Waals surface area contributed by atoms with E-state index in [2.05, 4.69) is 24.3 Å². The molecule has 6 aromatic rings. The minimum atomic E-state index is -0.758. The maximum absolute atomic E-state index is 12.8. The first-order valence-electron chi connectivity index (χ1n) is 10.5. The molecule has 0 aliphatic heterocycles. The van der Waals surface area contributed by atoms with E-state index in [0.29, 0.717) is 11.5 Å². The van der Waals surface area contributed by atoms with E-state index in [-0.39, 0.29) is 0 Å². The molecule has 0 bridgehead atoms. The van der Waals surface area contributed by atoms with Crippen molar-refractivity contribution < 1.29 is 14.3 Å². The summed E-state index contributed by atoms with van der Waals surface area (Å²) in [6.45, 7) is 0. The van der Waals surface area contributed by atoms with Gasteiger partial charge in [-0.25, -0.2) is 4.79 Å². The van der Waals surface area contributed by atoms with Gasteiger partial charge in [0, 0.05) is 10.8 Å². The number of hydrogen-bond acceptors (Lipinski definition) is 3. The Morgan fingerprint density at radius 2 is 0.812 bits per heavy atom. The Morgan fingerprint density at radius 3 is 1.25 bits per heavy atom. The van der Waals surface area contributed by atoms with Crippen LogP contribution in [0.4, 0.5) is 4.79 Å². The maximum atomic E-state index is 12.8. The molecule has 0 unspecified atom stereocenters. The molecule has 0 saturated carbocycles. The molecule has 0 heterocycles. The number of ether oxygens (including phenoxy) is 2. The fourth-order valence-corrected chi connectivity index (χ4v) is 4.25. The Morgan fingerprint density at radius 1 is 0.438 bits per heavy atom. The smallest absolute Gasteiger partial charge is 0.394 e. The van der Waals surface area contributed by atoms with Crippen LogP contribution in [-0.2, 0) is 0 Å². The summed E-state index contributed by atoms with van der Waals surface area (Å²) >= 11 is 0. The van der Waals surface area contributed by atoms with Crippen LogP contribution in [-0.4, -0.2) is 6.16 Å². The molecule has 0 radical (unpaired) electrons. The lowest BCUT2D eigenvalue weighted by atomic mass is 10.0. The first kappa shape index (κ1) is 18.4. The normalized spacial score (nSPS) is 11.2. The summed E-state index contributed by atoms with van der Waals surface area (Å²) < 4.78 is 11.3. The predicted octanol–water partition coefficient (Wildman–Crippen LogP) is 7.88. The molecule has 0 N–H and O–H groups in total. The standard InChI is InChI=1S/C29H18O3/c30-29(31-27-13-5-11-23-15-19-7-1-3-9-21(19)17-25(23)27)32-28-14-6-12-24-16-20-8-2-4-10-22(20)18-26(24)28/h1-18H. The molecule has 0 amide bonds. The zero-order valence-electron chi connectivity index (χ0n) is 17.1. The van der Waals surface area contributed by atoms with Crippen LogP contribution in [0.5, 0.6) is 11.5 Å². The molecule has 6 aromatic carbocycles. The summed E-state index contributed by atoms with van der Waals surface area (Å²) in [5.74, 6) is 0.952. The van der Waals surface area contributed by atoms with E-state index < -0.39 is 6.16 Å². The van der Waals surface area contributed by atoms with Gasteiger partial charge in [-0.15, -0.1) is 0 Å². The molecule has 0 aromatic heterocycles. The fraction of sp³-hybridized carbons (Fsp3) is 0. The van der Waals surface area contributed by atoms with E-state index in [1.807, 2.05) is 72.8 Å². The molecule has 3 heteroatoms. The Balaban J connectivity index is 1.36. The van der Waals surface area contributed by atoms with Gasteiger partial charge in [-0.05, 0) is 68.7 Å². The van der Waals surface area contributed by atoms with E-state index in [1.165, 1.54) is 0 Å². The highest BCUT2D eigenvalue weighted by atomic mass is 16.7. The van der Waals surface area contributed by atoms with Crippen molar-refractivity contribution in [3.05, 3.63) is 109 Å². The SMILES string of the molecule is O=C(Oc1cccc2cc3ccccc3cc12)Oc1cccc2cc3ccccc3cc12. The van der Waals surface area contributed by atoms with Gasteiger partial charge in [0.25, 0.3) is 0 Å². The van der Waals surface area contributed by atoms with E-state index in [0.717, 1.165) is 43.1 Å². The minimum Gasteiger partial charge on any atom is -0.394 e. The Kier molecular flexibility index (Phi) is 4.25. The third-order valence-corrected chi connectivity index (χ3v) is 5.80. The summed E-state index contributed by atoms with van der Waals surface area (Å²) in [5, 5.41) is 8.21. The molecular weight excluding hydrogens is 396 g/mol. The Labute approximate surface area is 184 Å². The van der Waals surface area contributed by atoms with Crippen LogP contribution in [0.25, 0.3) is 43.1 Å². The number of rotatable bonds is 2. The molecule has 0 aliphatic rings. The second-order valence-corrected chi connectivity index (χ2v) is 7.81. The Hall–Kier alpha value is -4.37. The molecule has 0 spiro atoms. The lowest BCUT2D eigenvalue weighted by Crippen LogP contribution is -2.14. The van der Waals surface area contributed by atoms with Crippen molar-refractivity contribution in [3.63, 3.8) is 0 Å². The van der Waals surface area contributed by atoms with Crippen LogP contribution in [0.3, 0.4) is 0 Å². The van der Waals surface area contributed by atoms with Gasteiger partial charge in [-0.2, -0.15) is 0 Å². The molecule has 152 valence electrons. The lowest BCUT2D eigenvalue weighted by Gasteiger charge is -2.11. The van der Waals surface area contributed by atoms with Gasteiger partial charge < -0.3 is 9.47 Å². The molecule has 0 fully saturated rings. The molecule has 32 heavy (non-hydrogen) atoms. The van der Waals surface area contributed by atoms with Crippen molar-refractivity contribution >= 4 is 49.2 Å². The largest absolute Gasteiger partial charge is 0.519 e. The van der Waals surface area contributed by atoms with E-state index >= 15 is 0 Å². The fourth-order valence-electron chi connectivity index (χ4n) is 4.25. The van der Waals surface area contributed by atoms with E-state index in [9.17, 15) is 4.79 Å². The van der Waals surface area contributed by atoms with Gasteiger partial charge in [0.1, 0.15) is 11.5 Å². The summed E-state index contributed by atoms with van der Waals surface area (Å²) in [5.41, 5.74) is 0. The molecule has 0 atom stereocenters. The first-order chi connectivity index (χ1) is 15.7. The highest BCUT2D eigenvalue weighted by Gasteiger charge is 2.13. The second kappa shape index (κ2) is 7.40. The van der Waals surface area contributed by atoms with Crippen LogP contribution < -0.4 is 9.47 Å². The Bertz CT molecular complexity index is 1530. The van der Waals surface area contributed by atoms with Crippen LogP contribution in [0.1, 0.15) is 0 Å². The van der Waals surface area contributed by atoms with Crippen LogP contribution >= 0.6 is 0 Å². The quantitative estimate of drug-likeness (QED) is 0.164. The average molecular weight is 414 g/mol. The van der Waals surface area contributed by atoms with Gasteiger partial charge in [-0.1, -0.05) is 72.8 Å². The third kappa shape index (κ3) is 3.21. The number of hydrogen-bond donors (Lipinski definition) is 0. The van der Waals surface area contributed by atoms with Crippen molar-refractivity contribution in [3.8, 4) is 11.5 Å². The summed E-state index contributed by atoms with van der Waals surface area (Å²) in [4.78, 5) is 12.8. The van der Waals surface area contributed by atoms with Crippen LogP contribution in [0.2, 0.25) is 0 Å². The number of benzene rings is 6. The van der Waals surface area contributed by atoms with Gasteiger partial charge in [0.2, 0.25) is 0 Å². The van der Waals surface area contributed by atoms with E-state index in [1.54, 1.807) is 12.1 Å². The van der Waals surface area contributed by atoms with Gasteiger partial charge in [0.05, 0.1) is 0 Å². The number of carbonyl (C=O) groups excluding carboxylic acids is 1. The third-order valence-electron chi connectivity index (χ3n) is 5.80. The van der Waals surface area contributed by atoms with Crippen LogP contribution in [0, 0.1) is 0 Å². The van der Waals surface area contributed by atoms with Crippen molar-refractivity contribution in [2.75, 3.05) is 0 Å². The number of fused-ring (bicyclic) bond motifs is 4. The molecule has 0 aliphatic carbocycles. The van der Waals surface area contributed by atoms with E-state index in [4.69, 9.17) is 9.47 Å². The van der Waals surface area contributed by atoms with Crippen molar-refractivity contribution in [2.45, 2.75) is 0 Å². The lowest BCUT2D eigenvalue weighted by molar-refractivity contribution is 0.153. The molecule has 6 rings (SSSR count). The summed E-state index contributed by atoms with van der Waals surface area (Å²) in [6.07, 6.45) is -0.758.